The number of carbonyl (C=O) groups excluding carboxylic acids is 1. The Balaban J connectivity index is 2.26. The third-order valence-electron chi connectivity index (χ3n) is 2.41. The van der Waals surface area contributed by atoms with Gasteiger partial charge in [0, 0.05) is 6.08 Å². The molecule has 1 aliphatic rings. The predicted octanol–water partition coefficient (Wildman–Crippen LogP) is 2.29. The molecule has 0 radical (unpaired) electrons. The van der Waals surface area contributed by atoms with Crippen molar-refractivity contribution in [2.75, 3.05) is 0 Å². The lowest BCUT2D eigenvalue weighted by atomic mass is 9.89. The highest BCUT2D eigenvalue weighted by atomic mass is 16.5. The molecular weight excluding hydrogens is 152 g/mol. The van der Waals surface area contributed by atoms with Crippen LogP contribution in [0.3, 0.4) is 0 Å². The summed E-state index contributed by atoms with van der Waals surface area (Å²) in [5.74, 6) is 0.512. The number of ether oxygens (including phenoxy) is 1. The molecule has 0 N–H and O–H groups in total. The Kier molecular flexibility index (Phi) is 3.32. The summed E-state index contributed by atoms with van der Waals surface area (Å²) in [6.07, 6.45) is 5.76. The summed E-state index contributed by atoms with van der Waals surface area (Å²) < 4.78 is 5.13. The van der Waals surface area contributed by atoms with E-state index >= 15 is 0 Å². The fourth-order valence-electron chi connectivity index (χ4n) is 1.56. The van der Waals surface area contributed by atoms with Crippen LogP contribution in [0.1, 0.15) is 32.6 Å². The number of carbonyl (C=O) groups is 1. The lowest BCUT2D eigenvalue weighted by Crippen LogP contribution is -2.22. The normalized spacial score (nSPS) is 29.4. The number of esters is 1. The van der Waals surface area contributed by atoms with Crippen molar-refractivity contribution in [1.82, 2.24) is 0 Å². The van der Waals surface area contributed by atoms with Crippen molar-refractivity contribution in [3.8, 4) is 0 Å². The van der Waals surface area contributed by atoms with Gasteiger partial charge in [0.15, 0.2) is 0 Å². The molecule has 12 heavy (non-hydrogen) atoms. The van der Waals surface area contributed by atoms with Crippen LogP contribution in [0.15, 0.2) is 12.7 Å². The summed E-state index contributed by atoms with van der Waals surface area (Å²) in [7, 11) is 0. The van der Waals surface area contributed by atoms with Crippen molar-refractivity contribution in [2.24, 2.45) is 5.92 Å². The molecule has 1 rings (SSSR count). The van der Waals surface area contributed by atoms with E-state index in [0.717, 1.165) is 18.8 Å². The second-order valence-electron chi connectivity index (χ2n) is 3.52. The van der Waals surface area contributed by atoms with Gasteiger partial charge >= 0.3 is 5.97 Å². The number of hydrogen-bond donors (Lipinski definition) is 0. The molecule has 2 nitrogen and oxygen atoms in total. The van der Waals surface area contributed by atoms with Crippen LogP contribution >= 0.6 is 0 Å². The maximum Gasteiger partial charge on any atom is 0.330 e. The molecule has 0 bridgehead atoms. The molecule has 0 saturated heterocycles. The molecule has 0 unspecified atom stereocenters. The molecule has 0 atom stereocenters. The molecule has 2 heteroatoms. The maximum absolute atomic E-state index is 10.8. The largest absolute Gasteiger partial charge is 0.459 e. The first-order chi connectivity index (χ1) is 5.72. The SMILES string of the molecule is C=CC(=O)OC1CCC(C)CC1. The molecule has 0 aromatic heterocycles. The first-order valence-corrected chi connectivity index (χ1v) is 4.55. The molecule has 0 aromatic carbocycles. The van der Waals surface area contributed by atoms with Crippen LogP contribution in [0.5, 0.6) is 0 Å². The van der Waals surface area contributed by atoms with E-state index in [1.807, 2.05) is 0 Å². The maximum atomic E-state index is 10.8. The summed E-state index contributed by atoms with van der Waals surface area (Å²) in [6.45, 7) is 5.61. The second kappa shape index (κ2) is 4.29. The second-order valence-corrected chi connectivity index (χ2v) is 3.52. The third kappa shape index (κ3) is 2.68. The minimum absolute atomic E-state index is 0.145. The highest BCUT2D eigenvalue weighted by Gasteiger charge is 2.20. The first kappa shape index (κ1) is 9.30. The van der Waals surface area contributed by atoms with Gasteiger partial charge in [0.2, 0.25) is 0 Å². The molecule has 0 aromatic rings. The smallest absolute Gasteiger partial charge is 0.330 e. The zero-order valence-electron chi connectivity index (χ0n) is 7.58. The van der Waals surface area contributed by atoms with Crippen LogP contribution in [-0.2, 0) is 9.53 Å². The van der Waals surface area contributed by atoms with Gasteiger partial charge in [-0.15, -0.1) is 0 Å². The monoisotopic (exact) mass is 168 g/mol. The van der Waals surface area contributed by atoms with E-state index in [0.29, 0.717) is 0 Å². The van der Waals surface area contributed by atoms with Gasteiger partial charge in [0.1, 0.15) is 6.10 Å². The summed E-state index contributed by atoms with van der Waals surface area (Å²) in [5.41, 5.74) is 0. The van der Waals surface area contributed by atoms with Crippen molar-refractivity contribution in [1.29, 1.82) is 0 Å². The first-order valence-electron chi connectivity index (χ1n) is 4.55. The van der Waals surface area contributed by atoms with Crippen LogP contribution in [0.25, 0.3) is 0 Å². The minimum Gasteiger partial charge on any atom is -0.459 e. The molecular formula is C10H16O2. The van der Waals surface area contributed by atoms with E-state index in [9.17, 15) is 4.79 Å². The quantitative estimate of drug-likeness (QED) is 0.467. The zero-order chi connectivity index (χ0) is 8.97. The van der Waals surface area contributed by atoms with Crippen molar-refractivity contribution in [3.63, 3.8) is 0 Å². The van der Waals surface area contributed by atoms with Crippen molar-refractivity contribution in [3.05, 3.63) is 12.7 Å². The number of hydrogen-bond acceptors (Lipinski definition) is 2. The molecule has 0 heterocycles. The molecule has 1 aliphatic carbocycles. The predicted molar refractivity (Wildman–Crippen MR) is 47.7 cm³/mol. The molecule has 0 spiro atoms. The Labute approximate surface area is 73.6 Å². The Hall–Kier alpha value is -0.790. The third-order valence-corrected chi connectivity index (χ3v) is 2.41. The molecule has 68 valence electrons. The summed E-state index contributed by atoms with van der Waals surface area (Å²) in [4.78, 5) is 10.8. The summed E-state index contributed by atoms with van der Waals surface area (Å²) in [5, 5.41) is 0. The Bertz CT molecular complexity index is 167. The van der Waals surface area contributed by atoms with Gasteiger partial charge in [-0.25, -0.2) is 4.79 Å². The van der Waals surface area contributed by atoms with E-state index in [4.69, 9.17) is 4.74 Å². The fraction of sp³-hybridized carbons (Fsp3) is 0.700. The van der Waals surface area contributed by atoms with Crippen LogP contribution in [0, 0.1) is 5.92 Å². The average molecular weight is 168 g/mol. The average Bonchev–Trinajstić information content (AvgIpc) is 2.09. The Morgan fingerprint density at radius 1 is 1.42 bits per heavy atom. The Morgan fingerprint density at radius 2 is 2.00 bits per heavy atom. The van der Waals surface area contributed by atoms with E-state index in [2.05, 4.69) is 13.5 Å². The van der Waals surface area contributed by atoms with Crippen LogP contribution < -0.4 is 0 Å². The minimum atomic E-state index is -0.283. The number of rotatable bonds is 2. The van der Waals surface area contributed by atoms with Gasteiger partial charge in [-0.3, -0.25) is 0 Å². The van der Waals surface area contributed by atoms with Gasteiger partial charge < -0.3 is 4.74 Å². The topological polar surface area (TPSA) is 26.3 Å². The highest BCUT2D eigenvalue weighted by molar-refractivity contribution is 5.81. The standard InChI is InChI=1S/C10H16O2/c1-3-10(11)12-9-6-4-8(2)5-7-9/h3,8-9H,1,4-7H2,2H3. The van der Waals surface area contributed by atoms with Gasteiger partial charge in [-0.2, -0.15) is 0 Å². The summed E-state index contributed by atoms with van der Waals surface area (Å²) in [6, 6.07) is 0. The van der Waals surface area contributed by atoms with Crippen molar-refractivity contribution >= 4 is 5.97 Å². The molecule has 1 saturated carbocycles. The van der Waals surface area contributed by atoms with E-state index in [1.54, 1.807) is 0 Å². The summed E-state index contributed by atoms with van der Waals surface area (Å²) >= 11 is 0. The van der Waals surface area contributed by atoms with Gasteiger partial charge in [-0.05, 0) is 31.6 Å². The van der Waals surface area contributed by atoms with Gasteiger partial charge in [-0.1, -0.05) is 13.5 Å². The molecule has 0 amide bonds. The van der Waals surface area contributed by atoms with E-state index in [-0.39, 0.29) is 12.1 Å². The van der Waals surface area contributed by atoms with Crippen LogP contribution in [0.2, 0.25) is 0 Å². The fourth-order valence-corrected chi connectivity index (χ4v) is 1.56. The van der Waals surface area contributed by atoms with E-state index < -0.39 is 0 Å². The van der Waals surface area contributed by atoms with Crippen LogP contribution in [0.4, 0.5) is 0 Å². The van der Waals surface area contributed by atoms with Crippen molar-refractivity contribution < 1.29 is 9.53 Å². The van der Waals surface area contributed by atoms with E-state index in [1.165, 1.54) is 18.9 Å². The van der Waals surface area contributed by atoms with Crippen LogP contribution in [-0.4, -0.2) is 12.1 Å². The zero-order valence-corrected chi connectivity index (χ0v) is 7.58. The lowest BCUT2D eigenvalue weighted by molar-refractivity contribution is -0.144. The van der Waals surface area contributed by atoms with Gasteiger partial charge in [0.05, 0.1) is 0 Å². The van der Waals surface area contributed by atoms with Gasteiger partial charge in [0.25, 0.3) is 0 Å². The molecule has 1 fully saturated rings. The lowest BCUT2D eigenvalue weighted by Gasteiger charge is -2.25. The van der Waals surface area contributed by atoms with Crippen molar-refractivity contribution in [2.45, 2.75) is 38.7 Å². The highest BCUT2D eigenvalue weighted by Crippen LogP contribution is 2.25. The molecule has 0 aliphatic heterocycles. The Morgan fingerprint density at radius 3 is 2.50 bits per heavy atom.